The number of aliphatic hydroxyl groups is 1. The molecule has 5 heteroatoms. The van der Waals surface area contributed by atoms with Crippen LogP contribution in [0.4, 0.5) is 0 Å². The molecule has 1 aliphatic carbocycles. The summed E-state index contributed by atoms with van der Waals surface area (Å²) in [6.07, 6.45) is 7.02. The van der Waals surface area contributed by atoms with Crippen molar-refractivity contribution in [3.8, 4) is 0 Å². The summed E-state index contributed by atoms with van der Waals surface area (Å²) in [4.78, 5) is 6.75. The van der Waals surface area contributed by atoms with E-state index in [9.17, 15) is 5.11 Å². The van der Waals surface area contributed by atoms with Crippen LogP contribution in [0.5, 0.6) is 0 Å². The van der Waals surface area contributed by atoms with Crippen molar-refractivity contribution in [2.75, 3.05) is 26.7 Å². The number of fused-ring (bicyclic) bond motifs is 1. The zero-order valence-electron chi connectivity index (χ0n) is 13.6. The Labute approximate surface area is 132 Å². The molecule has 22 heavy (non-hydrogen) atoms. The van der Waals surface area contributed by atoms with E-state index in [-0.39, 0.29) is 0 Å². The van der Waals surface area contributed by atoms with Crippen LogP contribution in [0.2, 0.25) is 0 Å². The van der Waals surface area contributed by atoms with Gasteiger partial charge in [0.25, 0.3) is 0 Å². The summed E-state index contributed by atoms with van der Waals surface area (Å²) in [7, 11) is 1.81. The van der Waals surface area contributed by atoms with Crippen molar-refractivity contribution in [2.24, 2.45) is 16.8 Å². The molecule has 3 unspecified atom stereocenters. The predicted molar refractivity (Wildman–Crippen MR) is 86.7 cm³/mol. The molecule has 1 saturated carbocycles. The van der Waals surface area contributed by atoms with Crippen LogP contribution < -0.4 is 5.32 Å². The molecule has 2 N–H and O–H groups in total. The average molecular weight is 305 g/mol. The smallest absolute Gasteiger partial charge is 0.193 e. The van der Waals surface area contributed by atoms with E-state index >= 15 is 0 Å². The summed E-state index contributed by atoms with van der Waals surface area (Å²) in [5, 5.41) is 13.9. The third-order valence-corrected chi connectivity index (χ3v) is 5.13. The van der Waals surface area contributed by atoms with Gasteiger partial charge in [0, 0.05) is 20.1 Å². The van der Waals surface area contributed by atoms with Crippen molar-refractivity contribution in [1.82, 2.24) is 10.2 Å². The number of hydrogen-bond acceptors (Lipinski definition) is 3. The Morgan fingerprint density at radius 3 is 2.64 bits per heavy atom. The molecular weight excluding hydrogens is 278 g/mol. The number of nitrogens with zero attached hydrogens (tertiary/aromatic N) is 2. The van der Waals surface area contributed by atoms with Gasteiger partial charge < -0.3 is 19.7 Å². The third kappa shape index (κ3) is 3.14. The van der Waals surface area contributed by atoms with Gasteiger partial charge in [-0.1, -0.05) is 12.8 Å². The van der Waals surface area contributed by atoms with Gasteiger partial charge in [0.05, 0.1) is 12.8 Å². The first-order valence-electron chi connectivity index (χ1n) is 8.32. The molecule has 1 aliphatic heterocycles. The van der Waals surface area contributed by atoms with E-state index in [1.54, 1.807) is 25.3 Å². The molecule has 3 atom stereocenters. The Bertz CT molecular complexity index is 496. The lowest BCUT2D eigenvalue weighted by Crippen LogP contribution is -2.45. The quantitative estimate of drug-likeness (QED) is 0.664. The summed E-state index contributed by atoms with van der Waals surface area (Å²) in [5.74, 6) is 3.10. The van der Waals surface area contributed by atoms with Crippen LogP contribution in [0, 0.1) is 11.8 Å². The van der Waals surface area contributed by atoms with Gasteiger partial charge in [0.2, 0.25) is 0 Å². The van der Waals surface area contributed by atoms with Crippen LogP contribution in [0.1, 0.15) is 38.4 Å². The highest BCUT2D eigenvalue weighted by molar-refractivity contribution is 5.80. The third-order valence-electron chi connectivity index (χ3n) is 5.13. The molecule has 1 saturated heterocycles. The van der Waals surface area contributed by atoms with E-state index in [0.717, 1.165) is 30.9 Å². The fraction of sp³-hybridized carbons (Fsp3) is 0.706. The molecule has 2 aliphatic rings. The van der Waals surface area contributed by atoms with Crippen LogP contribution in [0.15, 0.2) is 27.8 Å². The fourth-order valence-corrected chi connectivity index (χ4v) is 3.83. The Kier molecular flexibility index (Phi) is 4.43. The summed E-state index contributed by atoms with van der Waals surface area (Å²) in [6, 6.07) is 3.60. The highest BCUT2D eigenvalue weighted by Crippen LogP contribution is 2.36. The van der Waals surface area contributed by atoms with Gasteiger partial charge in [-0.2, -0.15) is 0 Å². The van der Waals surface area contributed by atoms with E-state index in [1.807, 2.05) is 7.05 Å². The van der Waals surface area contributed by atoms with Gasteiger partial charge in [0.1, 0.15) is 11.4 Å². The number of guanidine groups is 1. The van der Waals surface area contributed by atoms with Crippen molar-refractivity contribution >= 4 is 5.96 Å². The molecule has 0 spiro atoms. The van der Waals surface area contributed by atoms with Crippen molar-refractivity contribution in [2.45, 2.75) is 38.2 Å². The van der Waals surface area contributed by atoms with Crippen LogP contribution in [0.3, 0.4) is 0 Å². The highest BCUT2D eigenvalue weighted by atomic mass is 16.4. The maximum Gasteiger partial charge on any atom is 0.193 e. The monoisotopic (exact) mass is 305 g/mol. The zero-order chi connectivity index (χ0) is 15.6. The molecule has 0 radical (unpaired) electrons. The van der Waals surface area contributed by atoms with E-state index < -0.39 is 5.60 Å². The van der Waals surface area contributed by atoms with Gasteiger partial charge in [-0.25, -0.2) is 0 Å². The first-order chi connectivity index (χ1) is 10.6. The standard InChI is InChI=1S/C17H27N3O2/c1-17(21,15-8-5-9-22-15)12-19-16(18-2)20-10-13-6-3-4-7-14(13)11-20/h5,8-9,13-14,21H,3-4,6-7,10-12H2,1-2H3,(H,18,19). The van der Waals surface area contributed by atoms with E-state index in [4.69, 9.17) is 4.42 Å². The Morgan fingerprint density at radius 2 is 2.09 bits per heavy atom. The molecule has 2 fully saturated rings. The van der Waals surface area contributed by atoms with E-state index in [2.05, 4.69) is 15.2 Å². The maximum absolute atomic E-state index is 10.5. The van der Waals surface area contributed by atoms with Crippen molar-refractivity contribution in [3.63, 3.8) is 0 Å². The van der Waals surface area contributed by atoms with E-state index in [1.165, 1.54) is 25.7 Å². The molecule has 1 aromatic rings. The van der Waals surface area contributed by atoms with Crippen molar-refractivity contribution in [3.05, 3.63) is 24.2 Å². The summed E-state index contributed by atoms with van der Waals surface area (Å²) >= 11 is 0. The van der Waals surface area contributed by atoms with Crippen LogP contribution in [-0.4, -0.2) is 42.6 Å². The lowest BCUT2D eigenvalue weighted by Gasteiger charge is -2.26. The predicted octanol–water partition coefficient (Wildman–Crippen LogP) is 2.18. The van der Waals surface area contributed by atoms with Gasteiger partial charge in [-0.15, -0.1) is 0 Å². The molecule has 0 bridgehead atoms. The summed E-state index contributed by atoms with van der Waals surface area (Å²) < 4.78 is 5.32. The largest absolute Gasteiger partial charge is 0.466 e. The summed E-state index contributed by atoms with van der Waals surface area (Å²) in [6.45, 7) is 4.33. The minimum absolute atomic E-state index is 0.388. The molecule has 2 heterocycles. The first kappa shape index (κ1) is 15.4. The Morgan fingerprint density at radius 1 is 1.41 bits per heavy atom. The minimum Gasteiger partial charge on any atom is -0.466 e. The van der Waals surface area contributed by atoms with Crippen molar-refractivity contribution in [1.29, 1.82) is 0 Å². The normalized spacial score (nSPS) is 28.3. The maximum atomic E-state index is 10.5. The Hall–Kier alpha value is -1.49. The molecular formula is C17H27N3O2. The number of hydrogen-bond donors (Lipinski definition) is 2. The second kappa shape index (κ2) is 6.32. The first-order valence-corrected chi connectivity index (χ1v) is 8.32. The number of aliphatic imine (C=N–C) groups is 1. The lowest BCUT2D eigenvalue weighted by molar-refractivity contribution is 0.0381. The molecule has 0 amide bonds. The highest BCUT2D eigenvalue weighted by Gasteiger charge is 2.36. The van der Waals surface area contributed by atoms with Gasteiger partial charge >= 0.3 is 0 Å². The molecule has 0 aromatic carbocycles. The molecule has 122 valence electrons. The van der Waals surface area contributed by atoms with Gasteiger partial charge in [0.15, 0.2) is 5.96 Å². The van der Waals surface area contributed by atoms with Gasteiger partial charge in [-0.3, -0.25) is 4.99 Å². The molecule has 3 rings (SSSR count). The zero-order valence-corrected chi connectivity index (χ0v) is 13.6. The lowest BCUT2D eigenvalue weighted by atomic mass is 9.82. The number of furan rings is 1. The van der Waals surface area contributed by atoms with Crippen LogP contribution >= 0.6 is 0 Å². The minimum atomic E-state index is -1.04. The van der Waals surface area contributed by atoms with Crippen LogP contribution in [-0.2, 0) is 5.60 Å². The van der Waals surface area contributed by atoms with Crippen molar-refractivity contribution < 1.29 is 9.52 Å². The topological polar surface area (TPSA) is 61.0 Å². The number of nitrogens with one attached hydrogen (secondary N) is 1. The number of rotatable bonds is 3. The Balaban J connectivity index is 1.59. The summed E-state index contributed by atoms with van der Waals surface area (Å²) in [5.41, 5.74) is -1.04. The number of likely N-dealkylation sites (tertiary alicyclic amines) is 1. The fourth-order valence-electron chi connectivity index (χ4n) is 3.83. The SMILES string of the molecule is CN=C(NCC(C)(O)c1ccco1)N1CC2CCCCC2C1. The second-order valence-electron chi connectivity index (χ2n) is 6.86. The molecule has 1 aromatic heterocycles. The van der Waals surface area contributed by atoms with Crippen LogP contribution in [0.25, 0.3) is 0 Å². The van der Waals surface area contributed by atoms with Gasteiger partial charge in [-0.05, 0) is 43.7 Å². The molecule has 5 nitrogen and oxygen atoms in total. The second-order valence-corrected chi connectivity index (χ2v) is 6.86. The van der Waals surface area contributed by atoms with E-state index in [0.29, 0.717) is 12.3 Å². The average Bonchev–Trinajstić information content (AvgIpc) is 3.17.